The SMILES string of the molecule is CCOc1ccc(NC(=O)COC(=O)C2CCN(S(=O)(=O)c3cccnc3)CC2)c([N+](=O)[O-])c1. The molecular weight excluding hydrogens is 468 g/mol. The molecule has 1 saturated heterocycles. The zero-order chi connectivity index (χ0) is 24.7. The lowest BCUT2D eigenvalue weighted by atomic mass is 9.98. The highest BCUT2D eigenvalue weighted by molar-refractivity contribution is 7.89. The van der Waals surface area contributed by atoms with Crippen molar-refractivity contribution in [2.75, 3.05) is 31.6 Å². The summed E-state index contributed by atoms with van der Waals surface area (Å²) in [5.74, 6) is -1.64. The maximum Gasteiger partial charge on any atom is 0.309 e. The molecule has 1 aromatic carbocycles. The fraction of sp³-hybridized carbons (Fsp3) is 0.381. The standard InChI is InChI=1S/C21H24N4O8S/c1-2-32-16-5-6-18(19(12-16)25(28)29)23-20(26)14-33-21(27)15-7-10-24(11-8-15)34(30,31)17-4-3-9-22-13-17/h3-6,9,12-13,15H,2,7-8,10-11,14H2,1H3,(H,23,26). The number of anilines is 1. The second-order valence-electron chi connectivity index (χ2n) is 7.39. The summed E-state index contributed by atoms with van der Waals surface area (Å²) in [6.45, 7) is 1.69. The number of amides is 1. The Bertz CT molecular complexity index is 1150. The Morgan fingerprint density at radius 3 is 2.62 bits per heavy atom. The molecule has 1 amide bonds. The Balaban J connectivity index is 1.51. The van der Waals surface area contributed by atoms with Gasteiger partial charge in [0.15, 0.2) is 6.61 Å². The summed E-state index contributed by atoms with van der Waals surface area (Å²) < 4.78 is 36.9. The summed E-state index contributed by atoms with van der Waals surface area (Å²) in [6.07, 6.45) is 3.23. The molecule has 1 aromatic heterocycles. The van der Waals surface area contributed by atoms with E-state index in [0.29, 0.717) is 6.61 Å². The minimum atomic E-state index is -3.70. The zero-order valence-corrected chi connectivity index (χ0v) is 19.2. The first-order valence-electron chi connectivity index (χ1n) is 10.5. The number of sulfonamides is 1. The van der Waals surface area contributed by atoms with Crippen LogP contribution < -0.4 is 10.1 Å². The molecule has 1 aliphatic heterocycles. The van der Waals surface area contributed by atoms with Crippen molar-refractivity contribution >= 4 is 33.3 Å². The lowest BCUT2D eigenvalue weighted by Gasteiger charge is -2.29. The van der Waals surface area contributed by atoms with E-state index in [1.54, 1.807) is 6.92 Å². The summed E-state index contributed by atoms with van der Waals surface area (Å²) in [5, 5.41) is 13.6. The fourth-order valence-corrected chi connectivity index (χ4v) is 4.88. The predicted molar refractivity (Wildman–Crippen MR) is 120 cm³/mol. The van der Waals surface area contributed by atoms with Crippen LogP contribution in [0, 0.1) is 16.0 Å². The summed E-state index contributed by atoms with van der Waals surface area (Å²) in [7, 11) is -3.70. The smallest absolute Gasteiger partial charge is 0.309 e. The van der Waals surface area contributed by atoms with Gasteiger partial charge in [-0.15, -0.1) is 0 Å². The Morgan fingerprint density at radius 2 is 2.00 bits per heavy atom. The molecule has 0 radical (unpaired) electrons. The number of pyridine rings is 1. The number of nitro groups is 1. The largest absolute Gasteiger partial charge is 0.494 e. The summed E-state index contributed by atoms with van der Waals surface area (Å²) >= 11 is 0. The third kappa shape index (κ3) is 6.05. The summed E-state index contributed by atoms with van der Waals surface area (Å²) in [6, 6.07) is 6.99. The number of hydrogen-bond donors (Lipinski definition) is 1. The number of piperidine rings is 1. The van der Waals surface area contributed by atoms with Crippen molar-refractivity contribution < 1.29 is 32.4 Å². The van der Waals surface area contributed by atoms with Gasteiger partial charge in [0, 0.05) is 25.5 Å². The molecule has 3 rings (SSSR count). The first-order valence-corrected chi connectivity index (χ1v) is 11.9. The van der Waals surface area contributed by atoms with Gasteiger partial charge in [0.25, 0.3) is 11.6 Å². The highest BCUT2D eigenvalue weighted by Crippen LogP contribution is 2.29. The van der Waals surface area contributed by atoms with Gasteiger partial charge in [0.1, 0.15) is 16.3 Å². The Labute approximate surface area is 196 Å². The minimum absolute atomic E-state index is 0.0524. The predicted octanol–water partition coefficient (Wildman–Crippen LogP) is 1.97. The van der Waals surface area contributed by atoms with Crippen LogP contribution in [0.3, 0.4) is 0 Å². The number of nitrogens with zero attached hydrogens (tertiary/aromatic N) is 3. The number of esters is 1. The molecule has 2 heterocycles. The van der Waals surface area contributed by atoms with E-state index in [1.807, 2.05) is 0 Å². The first-order chi connectivity index (χ1) is 16.2. The zero-order valence-electron chi connectivity index (χ0n) is 18.4. The van der Waals surface area contributed by atoms with Crippen LogP contribution >= 0.6 is 0 Å². The fourth-order valence-electron chi connectivity index (χ4n) is 3.45. The molecular formula is C21H24N4O8S. The van der Waals surface area contributed by atoms with Crippen LogP contribution in [0.15, 0.2) is 47.6 Å². The van der Waals surface area contributed by atoms with Gasteiger partial charge < -0.3 is 14.8 Å². The van der Waals surface area contributed by atoms with Crippen molar-refractivity contribution in [2.45, 2.75) is 24.7 Å². The number of carbonyl (C=O) groups is 2. The third-order valence-electron chi connectivity index (χ3n) is 5.16. The van der Waals surface area contributed by atoms with Gasteiger partial charge in [-0.1, -0.05) is 0 Å². The van der Waals surface area contributed by atoms with Crippen LogP contribution in [-0.2, 0) is 24.3 Å². The molecule has 1 aliphatic rings. The van der Waals surface area contributed by atoms with Gasteiger partial charge in [-0.2, -0.15) is 4.31 Å². The molecule has 182 valence electrons. The van der Waals surface area contributed by atoms with Crippen molar-refractivity contribution in [3.8, 4) is 5.75 Å². The Morgan fingerprint density at radius 1 is 1.26 bits per heavy atom. The molecule has 0 aliphatic carbocycles. The van der Waals surface area contributed by atoms with E-state index < -0.39 is 39.3 Å². The molecule has 0 unspecified atom stereocenters. The van der Waals surface area contributed by atoms with Crippen LogP contribution in [0.4, 0.5) is 11.4 Å². The van der Waals surface area contributed by atoms with E-state index in [1.165, 1.54) is 47.0 Å². The number of benzene rings is 1. The monoisotopic (exact) mass is 492 g/mol. The summed E-state index contributed by atoms with van der Waals surface area (Å²) in [5.41, 5.74) is -0.406. The van der Waals surface area contributed by atoms with E-state index in [2.05, 4.69) is 10.3 Å². The van der Waals surface area contributed by atoms with Crippen molar-refractivity contribution in [2.24, 2.45) is 5.92 Å². The molecule has 34 heavy (non-hydrogen) atoms. The van der Waals surface area contributed by atoms with Crippen LogP contribution in [0.25, 0.3) is 0 Å². The van der Waals surface area contributed by atoms with Crippen molar-refractivity contribution in [3.63, 3.8) is 0 Å². The third-order valence-corrected chi connectivity index (χ3v) is 7.04. The van der Waals surface area contributed by atoms with E-state index >= 15 is 0 Å². The van der Waals surface area contributed by atoms with Gasteiger partial charge in [0.2, 0.25) is 10.0 Å². The number of carbonyl (C=O) groups excluding carboxylic acids is 2. The van der Waals surface area contributed by atoms with Gasteiger partial charge in [-0.3, -0.25) is 24.7 Å². The molecule has 0 spiro atoms. The first kappa shape index (κ1) is 25.1. The van der Waals surface area contributed by atoms with Crippen molar-refractivity contribution in [1.29, 1.82) is 0 Å². The number of nitro benzene ring substituents is 1. The molecule has 0 atom stereocenters. The van der Waals surface area contributed by atoms with Gasteiger partial charge in [-0.05, 0) is 44.0 Å². The number of aromatic nitrogens is 1. The second kappa shape index (κ2) is 11.0. The molecule has 1 N–H and O–H groups in total. The average Bonchev–Trinajstić information content (AvgIpc) is 2.84. The van der Waals surface area contributed by atoms with E-state index in [0.717, 1.165) is 0 Å². The van der Waals surface area contributed by atoms with Crippen LogP contribution in [-0.4, -0.2) is 60.8 Å². The van der Waals surface area contributed by atoms with E-state index in [9.17, 15) is 28.1 Å². The van der Waals surface area contributed by atoms with Gasteiger partial charge >= 0.3 is 5.97 Å². The molecule has 12 nitrogen and oxygen atoms in total. The van der Waals surface area contributed by atoms with Gasteiger partial charge in [0.05, 0.1) is 23.5 Å². The molecule has 0 saturated carbocycles. The van der Waals surface area contributed by atoms with Crippen LogP contribution in [0.5, 0.6) is 5.75 Å². The average molecular weight is 493 g/mol. The number of rotatable bonds is 9. The highest BCUT2D eigenvalue weighted by Gasteiger charge is 2.33. The molecule has 13 heteroatoms. The second-order valence-corrected chi connectivity index (χ2v) is 9.33. The van der Waals surface area contributed by atoms with Crippen LogP contribution in [0.2, 0.25) is 0 Å². The topological polar surface area (TPSA) is 158 Å². The van der Waals surface area contributed by atoms with E-state index in [-0.39, 0.29) is 48.0 Å². The maximum absolute atomic E-state index is 12.6. The molecule has 0 bridgehead atoms. The highest BCUT2D eigenvalue weighted by atomic mass is 32.2. The lowest BCUT2D eigenvalue weighted by molar-refractivity contribution is -0.384. The Hall–Kier alpha value is -3.58. The maximum atomic E-state index is 12.6. The quantitative estimate of drug-likeness (QED) is 0.314. The van der Waals surface area contributed by atoms with Crippen molar-refractivity contribution in [3.05, 3.63) is 52.8 Å². The lowest BCUT2D eigenvalue weighted by Crippen LogP contribution is -2.41. The number of hydrogen-bond acceptors (Lipinski definition) is 9. The number of nitrogens with one attached hydrogen (secondary N) is 1. The Kier molecular flexibility index (Phi) is 8.12. The van der Waals surface area contributed by atoms with E-state index in [4.69, 9.17) is 9.47 Å². The minimum Gasteiger partial charge on any atom is -0.494 e. The molecule has 1 fully saturated rings. The van der Waals surface area contributed by atoms with Gasteiger partial charge in [-0.25, -0.2) is 8.42 Å². The molecule has 2 aromatic rings. The number of ether oxygens (including phenoxy) is 2. The normalized spacial score (nSPS) is 14.9. The van der Waals surface area contributed by atoms with Crippen LogP contribution in [0.1, 0.15) is 19.8 Å². The van der Waals surface area contributed by atoms with Crippen molar-refractivity contribution in [1.82, 2.24) is 9.29 Å². The summed E-state index contributed by atoms with van der Waals surface area (Å²) in [4.78, 5) is 39.1.